The maximum atomic E-state index is 9.75. The maximum absolute atomic E-state index is 9.75. The smallest absolute Gasteiger partial charge is 0.198 e. The monoisotopic (exact) mass is 127 g/mol. The van der Waals surface area contributed by atoms with Gasteiger partial charge in [0.1, 0.15) is 0 Å². The van der Waals surface area contributed by atoms with Crippen LogP contribution in [0.2, 0.25) is 0 Å². The van der Waals surface area contributed by atoms with Crippen LogP contribution >= 0.6 is 0 Å². The summed E-state index contributed by atoms with van der Waals surface area (Å²) < 4.78 is 0. The molecule has 0 fully saturated rings. The molecule has 0 amide bonds. The molecule has 0 aliphatic carbocycles. The molecule has 1 atom stereocenters. The first-order chi connectivity index (χ1) is 4.31. The highest BCUT2D eigenvalue weighted by atomic mass is 16.1. The van der Waals surface area contributed by atoms with Crippen molar-refractivity contribution in [2.24, 2.45) is 5.92 Å². The van der Waals surface area contributed by atoms with Gasteiger partial charge >= 0.3 is 0 Å². The van der Waals surface area contributed by atoms with Crippen molar-refractivity contribution in [1.82, 2.24) is 0 Å². The van der Waals surface area contributed by atoms with E-state index in [1.807, 2.05) is 6.29 Å². The lowest BCUT2D eigenvalue weighted by Gasteiger charge is -2.04. The van der Waals surface area contributed by atoms with Crippen LogP contribution in [0.1, 0.15) is 39.5 Å². The normalized spacial score (nSPS) is 13.1. The van der Waals surface area contributed by atoms with Crippen molar-refractivity contribution in [3.05, 3.63) is 0 Å². The first kappa shape index (κ1) is 8.67. The fourth-order valence-corrected chi connectivity index (χ4v) is 0.727. The summed E-state index contributed by atoms with van der Waals surface area (Å²) in [5.74, 6) is 0.776. The molecule has 0 aromatic rings. The predicted octanol–water partition coefficient (Wildman–Crippen LogP) is 2.31. The molecule has 0 N–H and O–H groups in total. The zero-order chi connectivity index (χ0) is 7.11. The molecule has 0 aliphatic rings. The minimum atomic E-state index is 0.615. The Bertz CT molecular complexity index is 69.0. The van der Waals surface area contributed by atoms with Crippen LogP contribution in [0.5, 0.6) is 0 Å². The van der Waals surface area contributed by atoms with Gasteiger partial charge in [-0.15, -0.1) is 0 Å². The summed E-state index contributed by atoms with van der Waals surface area (Å²) >= 11 is 0. The van der Waals surface area contributed by atoms with Crippen molar-refractivity contribution >= 4 is 6.29 Å². The van der Waals surface area contributed by atoms with E-state index >= 15 is 0 Å². The predicted molar refractivity (Wildman–Crippen MR) is 39.0 cm³/mol. The van der Waals surface area contributed by atoms with Gasteiger partial charge in [-0.05, 0) is 12.3 Å². The molecule has 1 nitrogen and oxygen atoms in total. The fourth-order valence-electron chi connectivity index (χ4n) is 0.727. The topological polar surface area (TPSA) is 17.1 Å². The molecule has 1 radical (unpaired) electrons. The lowest BCUT2D eigenvalue weighted by Crippen LogP contribution is -1.91. The van der Waals surface area contributed by atoms with Gasteiger partial charge < -0.3 is 0 Å². The Labute approximate surface area is 57.5 Å². The Hall–Kier alpha value is -0.330. The van der Waals surface area contributed by atoms with Gasteiger partial charge in [0.15, 0.2) is 6.29 Å². The molecular formula is C8H15O. The summed E-state index contributed by atoms with van der Waals surface area (Å²) in [6, 6.07) is 0. The zero-order valence-corrected chi connectivity index (χ0v) is 6.31. The second-order valence-corrected chi connectivity index (χ2v) is 2.55. The molecule has 0 rings (SSSR count). The Balaban J connectivity index is 2.96. The summed E-state index contributed by atoms with van der Waals surface area (Å²) in [6.07, 6.45) is 5.92. The molecule has 0 saturated carbocycles. The SMILES string of the molecule is CC[C@@H](C)CCC[C]=O. The minimum Gasteiger partial charge on any atom is -0.291 e. The van der Waals surface area contributed by atoms with E-state index in [0.29, 0.717) is 6.42 Å². The fraction of sp³-hybridized carbons (Fsp3) is 0.875. The van der Waals surface area contributed by atoms with Crippen molar-refractivity contribution in [2.45, 2.75) is 39.5 Å². The summed E-state index contributed by atoms with van der Waals surface area (Å²) in [7, 11) is 0. The molecule has 0 heterocycles. The Morgan fingerprint density at radius 3 is 2.67 bits per heavy atom. The van der Waals surface area contributed by atoms with Gasteiger partial charge in [-0.3, -0.25) is 4.79 Å². The van der Waals surface area contributed by atoms with Gasteiger partial charge in [-0.1, -0.05) is 26.7 Å². The summed E-state index contributed by atoms with van der Waals surface area (Å²) in [5, 5.41) is 0. The minimum absolute atomic E-state index is 0.615. The molecule has 0 unspecified atom stereocenters. The van der Waals surface area contributed by atoms with Gasteiger partial charge in [0, 0.05) is 6.42 Å². The third kappa shape index (κ3) is 5.54. The van der Waals surface area contributed by atoms with Gasteiger partial charge in [0.25, 0.3) is 0 Å². The van der Waals surface area contributed by atoms with Crippen LogP contribution in [0, 0.1) is 5.92 Å². The van der Waals surface area contributed by atoms with Crippen LogP contribution in [-0.4, -0.2) is 6.29 Å². The lowest BCUT2D eigenvalue weighted by atomic mass is 10.0. The van der Waals surface area contributed by atoms with E-state index in [0.717, 1.165) is 12.3 Å². The van der Waals surface area contributed by atoms with Gasteiger partial charge in [-0.25, -0.2) is 0 Å². The van der Waals surface area contributed by atoms with Gasteiger partial charge in [0.2, 0.25) is 0 Å². The maximum Gasteiger partial charge on any atom is 0.198 e. The number of unbranched alkanes of at least 4 members (excludes halogenated alkanes) is 1. The molecule has 0 aliphatic heterocycles. The molecule has 53 valence electrons. The first-order valence-corrected chi connectivity index (χ1v) is 3.66. The van der Waals surface area contributed by atoms with Crippen LogP contribution in [0.25, 0.3) is 0 Å². The molecule has 0 bridgehead atoms. The molecule has 0 saturated heterocycles. The Kier molecular flexibility index (Phi) is 5.59. The van der Waals surface area contributed by atoms with E-state index in [4.69, 9.17) is 0 Å². The van der Waals surface area contributed by atoms with E-state index in [2.05, 4.69) is 13.8 Å². The Morgan fingerprint density at radius 2 is 2.22 bits per heavy atom. The third-order valence-corrected chi connectivity index (χ3v) is 1.67. The largest absolute Gasteiger partial charge is 0.291 e. The first-order valence-electron chi connectivity index (χ1n) is 3.66. The van der Waals surface area contributed by atoms with Crippen LogP contribution in [0.4, 0.5) is 0 Å². The Morgan fingerprint density at radius 1 is 1.56 bits per heavy atom. The molecule has 9 heavy (non-hydrogen) atoms. The van der Waals surface area contributed by atoms with Crippen LogP contribution in [0.15, 0.2) is 0 Å². The second-order valence-electron chi connectivity index (χ2n) is 2.55. The van der Waals surface area contributed by atoms with Crippen LogP contribution < -0.4 is 0 Å². The van der Waals surface area contributed by atoms with Gasteiger partial charge in [-0.2, -0.15) is 0 Å². The number of rotatable bonds is 5. The second kappa shape index (κ2) is 5.80. The van der Waals surface area contributed by atoms with Gasteiger partial charge in [0.05, 0.1) is 0 Å². The van der Waals surface area contributed by atoms with Crippen molar-refractivity contribution in [3.63, 3.8) is 0 Å². The van der Waals surface area contributed by atoms with E-state index in [1.54, 1.807) is 0 Å². The molecule has 0 spiro atoms. The van der Waals surface area contributed by atoms with E-state index in [-0.39, 0.29) is 0 Å². The highest BCUT2D eigenvalue weighted by molar-refractivity contribution is 5.50. The van der Waals surface area contributed by atoms with Crippen molar-refractivity contribution in [3.8, 4) is 0 Å². The number of carbonyl (C=O) groups excluding carboxylic acids is 1. The number of hydrogen-bond acceptors (Lipinski definition) is 1. The summed E-state index contributed by atoms with van der Waals surface area (Å²) in [4.78, 5) is 9.75. The average Bonchev–Trinajstić information content (AvgIpc) is 1.89. The third-order valence-electron chi connectivity index (χ3n) is 1.67. The zero-order valence-electron chi connectivity index (χ0n) is 6.31. The van der Waals surface area contributed by atoms with Crippen molar-refractivity contribution < 1.29 is 4.79 Å². The molecular weight excluding hydrogens is 112 g/mol. The van der Waals surface area contributed by atoms with E-state index in [9.17, 15) is 4.79 Å². The number of hydrogen-bond donors (Lipinski definition) is 0. The lowest BCUT2D eigenvalue weighted by molar-refractivity contribution is 0.491. The average molecular weight is 127 g/mol. The summed E-state index contributed by atoms with van der Waals surface area (Å²) in [5.41, 5.74) is 0. The molecule has 0 aromatic carbocycles. The van der Waals surface area contributed by atoms with Crippen molar-refractivity contribution in [2.75, 3.05) is 0 Å². The van der Waals surface area contributed by atoms with Crippen molar-refractivity contribution in [1.29, 1.82) is 0 Å². The van der Waals surface area contributed by atoms with E-state index in [1.165, 1.54) is 12.8 Å². The van der Waals surface area contributed by atoms with Crippen LogP contribution in [-0.2, 0) is 4.79 Å². The standard InChI is InChI=1S/C8H15O/c1-3-8(2)6-4-5-7-9/h8H,3-6H2,1-2H3/t8-/m1/s1. The van der Waals surface area contributed by atoms with Crippen LogP contribution in [0.3, 0.4) is 0 Å². The highest BCUT2D eigenvalue weighted by Crippen LogP contribution is 2.09. The molecule has 1 heteroatoms. The quantitative estimate of drug-likeness (QED) is 0.518. The highest BCUT2D eigenvalue weighted by Gasteiger charge is 1.96. The summed E-state index contributed by atoms with van der Waals surface area (Å²) in [6.45, 7) is 4.39. The van der Waals surface area contributed by atoms with E-state index < -0.39 is 0 Å². The molecule has 0 aromatic heterocycles.